The molecule has 0 aliphatic rings. The van der Waals surface area contributed by atoms with Crippen molar-refractivity contribution in [1.82, 2.24) is 0 Å². The van der Waals surface area contributed by atoms with Gasteiger partial charge in [-0.3, -0.25) is 15.1 Å². The van der Waals surface area contributed by atoms with Gasteiger partial charge in [0.2, 0.25) is 0 Å². The predicted octanol–water partition coefficient (Wildman–Crippen LogP) is 3.35. The van der Waals surface area contributed by atoms with E-state index in [2.05, 4.69) is 4.99 Å². The smallest absolute Gasteiger partial charge is 0.313 e. The van der Waals surface area contributed by atoms with Crippen molar-refractivity contribution >= 4 is 17.6 Å². The molecule has 5 heteroatoms. The average molecular weight is 256 g/mol. The molecule has 0 atom stereocenters. The maximum Gasteiger partial charge on any atom is 0.313 e. The third-order valence-electron chi connectivity index (χ3n) is 2.52. The highest BCUT2D eigenvalue weighted by molar-refractivity contribution is 5.82. The Morgan fingerprint density at radius 1 is 1.21 bits per heavy atom. The summed E-state index contributed by atoms with van der Waals surface area (Å²) in [4.78, 5) is 14.6. The fourth-order valence-corrected chi connectivity index (χ4v) is 1.59. The van der Waals surface area contributed by atoms with Gasteiger partial charge in [0, 0.05) is 12.3 Å². The molecular weight excluding hydrogens is 244 g/mol. The van der Waals surface area contributed by atoms with Crippen LogP contribution in [0.15, 0.2) is 53.5 Å². The molecule has 19 heavy (non-hydrogen) atoms. The first kappa shape index (κ1) is 12.8. The molecule has 2 rings (SSSR count). The maximum absolute atomic E-state index is 10.9. The molecule has 0 fully saturated rings. The summed E-state index contributed by atoms with van der Waals surface area (Å²) in [6.07, 6.45) is 1.66. The van der Waals surface area contributed by atoms with Gasteiger partial charge in [0.05, 0.1) is 17.7 Å². The van der Waals surface area contributed by atoms with E-state index in [9.17, 15) is 10.1 Å². The van der Waals surface area contributed by atoms with Crippen molar-refractivity contribution in [3.05, 3.63) is 64.2 Å². The van der Waals surface area contributed by atoms with Crippen LogP contribution in [0.25, 0.3) is 0 Å². The number of hydrogen-bond donors (Lipinski definition) is 0. The highest BCUT2D eigenvalue weighted by Crippen LogP contribution is 2.30. The Balaban J connectivity index is 2.29. The first-order valence-electron chi connectivity index (χ1n) is 5.62. The van der Waals surface area contributed by atoms with Gasteiger partial charge < -0.3 is 4.74 Å². The number of rotatable bonds is 4. The number of benzene rings is 2. The maximum atomic E-state index is 10.9. The minimum Gasteiger partial charge on any atom is -0.490 e. The van der Waals surface area contributed by atoms with Crippen LogP contribution < -0.4 is 4.74 Å². The Morgan fingerprint density at radius 3 is 2.58 bits per heavy atom. The molecule has 0 aromatic heterocycles. The molecule has 0 heterocycles. The highest BCUT2D eigenvalue weighted by Gasteiger charge is 2.14. The lowest BCUT2D eigenvalue weighted by Crippen LogP contribution is -1.92. The predicted molar refractivity (Wildman–Crippen MR) is 73.3 cm³/mol. The molecule has 2 aromatic rings. The minimum absolute atomic E-state index is 0.0924. The van der Waals surface area contributed by atoms with Crippen molar-refractivity contribution in [1.29, 1.82) is 0 Å². The summed E-state index contributed by atoms with van der Waals surface area (Å²) in [6.45, 7) is 0. The number of nitrogens with zero attached hydrogens (tertiary/aromatic N) is 2. The van der Waals surface area contributed by atoms with Gasteiger partial charge in [0.15, 0.2) is 5.75 Å². The van der Waals surface area contributed by atoms with E-state index in [0.29, 0.717) is 5.69 Å². The number of hydrogen-bond acceptors (Lipinski definition) is 4. The van der Waals surface area contributed by atoms with Crippen LogP contribution in [0, 0.1) is 10.1 Å². The van der Waals surface area contributed by atoms with Gasteiger partial charge in [-0.2, -0.15) is 0 Å². The molecule has 0 radical (unpaired) electrons. The van der Waals surface area contributed by atoms with E-state index in [-0.39, 0.29) is 11.4 Å². The molecule has 0 amide bonds. The third-order valence-corrected chi connectivity index (χ3v) is 2.52. The molecule has 0 aliphatic heterocycles. The summed E-state index contributed by atoms with van der Waals surface area (Å²) < 4.78 is 4.93. The van der Waals surface area contributed by atoms with Crippen LogP contribution in [-0.2, 0) is 0 Å². The van der Waals surface area contributed by atoms with E-state index >= 15 is 0 Å². The third kappa shape index (κ3) is 3.16. The lowest BCUT2D eigenvalue weighted by molar-refractivity contribution is -0.385. The van der Waals surface area contributed by atoms with Crippen molar-refractivity contribution in [3.8, 4) is 5.75 Å². The fourth-order valence-electron chi connectivity index (χ4n) is 1.59. The number of nitro benzene ring substituents is 1. The van der Waals surface area contributed by atoms with Crippen molar-refractivity contribution in [2.45, 2.75) is 0 Å². The van der Waals surface area contributed by atoms with Crippen molar-refractivity contribution in [2.75, 3.05) is 7.11 Å². The van der Waals surface area contributed by atoms with Crippen molar-refractivity contribution < 1.29 is 9.66 Å². The van der Waals surface area contributed by atoms with Gasteiger partial charge in [-0.15, -0.1) is 0 Å². The minimum atomic E-state index is -0.486. The van der Waals surface area contributed by atoms with Crippen LogP contribution in [0.1, 0.15) is 5.56 Å². The van der Waals surface area contributed by atoms with Crippen LogP contribution >= 0.6 is 0 Å². The van der Waals surface area contributed by atoms with Crippen molar-refractivity contribution in [2.24, 2.45) is 4.99 Å². The first-order valence-corrected chi connectivity index (χ1v) is 5.62. The van der Waals surface area contributed by atoms with Crippen LogP contribution in [0.5, 0.6) is 5.75 Å². The van der Waals surface area contributed by atoms with Crippen LogP contribution in [0.3, 0.4) is 0 Å². The lowest BCUT2D eigenvalue weighted by atomic mass is 10.2. The second-order valence-electron chi connectivity index (χ2n) is 3.78. The van der Waals surface area contributed by atoms with Gasteiger partial charge in [0.25, 0.3) is 0 Å². The number of nitro groups is 1. The molecule has 0 N–H and O–H groups in total. The zero-order chi connectivity index (χ0) is 13.7. The summed E-state index contributed by atoms with van der Waals surface area (Å²) in [5.74, 6) is 0.226. The fraction of sp³-hybridized carbons (Fsp3) is 0.0714. The lowest BCUT2D eigenvalue weighted by Gasteiger charge is -2.01. The molecule has 5 nitrogen and oxygen atoms in total. The molecule has 0 spiro atoms. The van der Waals surface area contributed by atoms with Crippen molar-refractivity contribution in [3.63, 3.8) is 0 Å². The number of methoxy groups -OCH3 is 1. The van der Waals surface area contributed by atoms with Gasteiger partial charge >= 0.3 is 5.69 Å². The van der Waals surface area contributed by atoms with E-state index in [4.69, 9.17) is 4.74 Å². The average Bonchev–Trinajstić information content (AvgIpc) is 2.46. The van der Waals surface area contributed by atoms with Gasteiger partial charge in [-0.05, 0) is 17.7 Å². The Hall–Kier alpha value is -2.69. The zero-order valence-corrected chi connectivity index (χ0v) is 10.3. The normalized spacial score (nSPS) is 10.6. The molecule has 0 saturated heterocycles. The van der Waals surface area contributed by atoms with Crippen LogP contribution in [0.4, 0.5) is 11.4 Å². The Bertz CT molecular complexity index is 609. The van der Waals surface area contributed by atoms with E-state index in [0.717, 1.165) is 5.56 Å². The molecule has 0 saturated carbocycles. The largest absolute Gasteiger partial charge is 0.490 e. The Labute approximate surface area is 110 Å². The quantitative estimate of drug-likeness (QED) is 0.478. The molecule has 0 bridgehead atoms. The molecule has 0 aliphatic carbocycles. The van der Waals surface area contributed by atoms with Gasteiger partial charge in [0.1, 0.15) is 0 Å². The highest BCUT2D eigenvalue weighted by atomic mass is 16.6. The molecule has 2 aromatic carbocycles. The van der Waals surface area contributed by atoms with E-state index in [1.165, 1.54) is 19.2 Å². The molecule has 96 valence electrons. The monoisotopic (exact) mass is 256 g/mol. The number of ether oxygens (including phenoxy) is 1. The Kier molecular flexibility index (Phi) is 3.87. The SMILES string of the molecule is COc1ccc(N=Cc2ccccc2)cc1[N+](=O)[O-]. The van der Waals surface area contributed by atoms with Crippen LogP contribution in [-0.4, -0.2) is 18.2 Å². The van der Waals surface area contributed by atoms with E-state index in [1.54, 1.807) is 12.3 Å². The molecular formula is C14H12N2O3. The second kappa shape index (κ2) is 5.77. The number of aliphatic imine (C=N–C) groups is 1. The first-order chi connectivity index (χ1) is 9.20. The summed E-state index contributed by atoms with van der Waals surface area (Å²) in [6, 6.07) is 14.1. The van der Waals surface area contributed by atoms with Crippen LogP contribution in [0.2, 0.25) is 0 Å². The summed E-state index contributed by atoms with van der Waals surface area (Å²) in [5.41, 5.74) is 1.35. The summed E-state index contributed by atoms with van der Waals surface area (Å²) in [5, 5.41) is 10.9. The van der Waals surface area contributed by atoms with Gasteiger partial charge in [-0.1, -0.05) is 30.3 Å². The van der Waals surface area contributed by atoms with E-state index < -0.39 is 4.92 Å². The second-order valence-corrected chi connectivity index (χ2v) is 3.78. The van der Waals surface area contributed by atoms with E-state index in [1.807, 2.05) is 30.3 Å². The van der Waals surface area contributed by atoms with Gasteiger partial charge in [-0.25, -0.2) is 0 Å². The summed E-state index contributed by atoms with van der Waals surface area (Å²) in [7, 11) is 1.40. The molecule has 0 unspecified atom stereocenters. The standard InChI is InChI=1S/C14H12N2O3/c1-19-14-8-7-12(9-13(14)16(17)18)15-10-11-5-3-2-4-6-11/h2-10H,1H3. The summed E-state index contributed by atoms with van der Waals surface area (Å²) >= 11 is 0. The Morgan fingerprint density at radius 2 is 1.95 bits per heavy atom. The topological polar surface area (TPSA) is 64.7 Å². The zero-order valence-electron chi connectivity index (χ0n) is 10.3.